The molecule has 1 heterocycles. The first-order valence-electron chi connectivity index (χ1n) is 6.75. The van der Waals surface area contributed by atoms with Gasteiger partial charge >= 0.3 is 6.03 Å². The maximum absolute atomic E-state index is 13.6. The fourth-order valence-corrected chi connectivity index (χ4v) is 2.59. The molecule has 110 valence electrons. The summed E-state index contributed by atoms with van der Waals surface area (Å²) in [4.78, 5) is 13.7. The lowest BCUT2D eigenvalue weighted by Crippen LogP contribution is -2.41. The second-order valence-corrected chi connectivity index (χ2v) is 5.40. The average molecular weight is 301 g/mol. The van der Waals surface area contributed by atoms with Crippen LogP contribution in [0.15, 0.2) is 12.1 Å². The molecular formula is C14H18ClFN2O2. The zero-order chi connectivity index (χ0) is 14.7. The molecule has 0 aromatic heterocycles. The number of urea groups is 1. The van der Waals surface area contributed by atoms with Gasteiger partial charge in [-0.25, -0.2) is 9.18 Å². The summed E-state index contributed by atoms with van der Waals surface area (Å²) in [5, 5.41) is 11.7. The number of likely N-dealkylation sites (tertiary alicyclic amines) is 1. The lowest BCUT2D eigenvalue weighted by atomic mass is 9.95. The molecule has 0 atom stereocenters. The van der Waals surface area contributed by atoms with Gasteiger partial charge in [-0.3, -0.25) is 0 Å². The van der Waals surface area contributed by atoms with Crippen LogP contribution in [0, 0.1) is 11.7 Å². The van der Waals surface area contributed by atoms with Gasteiger partial charge in [-0.05, 0) is 30.9 Å². The Hall–Kier alpha value is -1.49. The van der Waals surface area contributed by atoms with E-state index in [2.05, 4.69) is 12.2 Å². The summed E-state index contributed by atoms with van der Waals surface area (Å²) < 4.78 is 13.6. The molecule has 2 N–H and O–H groups in total. The van der Waals surface area contributed by atoms with Gasteiger partial charge in [-0.15, -0.1) is 0 Å². The number of nitrogens with one attached hydrogen (secondary N) is 1. The normalized spacial score (nSPS) is 16.2. The Morgan fingerprint density at radius 3 is 2.75 bits per heavy atom. The molecule has 6 heteroatoms. The van der Waals surface area contributed by atoms with E-state index in [9.17, 15) is 14.3 Å². The number of amides is 2. The number of phenolic OH excluding ortho intramolecular Hbond substituents is 1. The highest BCUT2D eigenvalue weighted by atomic mass is 35.5. The Balaban J connectivity index is 2.04. The molecule has 1 aliphatic rings. The quantitative estimate of drug-likeness (QED) is 0.872. The fourth-order valence-electron chi connectivity index (χ4n) is 2.39. The molecule has 2 amide bonds. The van der Waals surface area contributed by atoms with Crippen molar-refractivity contribution in [3.8, 4) is 5.75 Å². The van der Waals surface area contributed by atoms with E-state index in [0.717, 1.165) is 31.4 Å². The van der Waals surface area contributed by atoms with Gasteiger partial charge < -0.3 is 15.3 Å². The predicted molar refractivity (Wildman–Crippen MR) is 76.7 cm³/mol. The van der Waals surface area contributed by atoms with Crippen LogP contribution in [0.5, 0.6) is 5.75 Å². The average Bonchev–Trinajstić information content (AvgIpc) is 2.47. The maximum atomic E-state index is 13.6. The lowest BCUT2D eigenvalue weighted by Gasteiger charge is -2.31. The molecule has 0 bridgehead atoms. The Bertz CT molecular complexity index is 502. The maximum Gasteiger partial charge on any atom is 0.321 e. The van der Waals surface area contributed by atoms with Crippen molar-refractivity contribution in [2.75, 3.05) is 18.4 Å². The molecule has 1 aliphatic heterocycles. The van der Waals surface area contributed by atoms with E-state index in [1.165, 1.54) is 0 Å². The van der Waals surface area contributed by atoms with Gasteiger partial charge in [0.15, 0.2) is 0 Å². The van der Waals surface area contributed by atoms with Gasteiger partial charge in [0.1, 0.15) is 22.3 Å². The van der Waals surface area contributed by atoms with Crippen LogP contribution < -0.4 is 5.32 Å². The number of carbonyl (C=O) groups is 1. The number of hydrogen-bond acceptors (Lipinski definition) is 2. The summed E-state index contributed by atoms with van der Waals surface area (Å²) in [6.45, 7) is 3.45. The molecule has 0 radical (unpaired) electrons. The molecule has 1 saturated heterocycles. The molecular weight excluding hydrogens is 283 g/mol. The predicted octanol–water partition coefficient (Wildman–Crippen LogP) is 3.84. The fraction of sp³-hybridized carbons (Fsp3) is 0.500. The molecule has 0 aliphatic carbocycles. The monoisotopic (exact) mass is 300 g/mol. The highest BCUT2D eigenvalue weighted by Gasteiger charge is 2.23. The van der Waals surface area contributed by atoms with Gasteiger partial charge in [0.25, 0.3) is 0 Å². The first-order valence-corrected chi connectivity index (χ1v) is 7.13. The van der Waals surface area contributed by atoms with Gasteiger partial charge in [0.2, 0.25) is 0 Å². The third kappa shape index (κ3) is 3.15. The van der Waals surface area contributed by atoms with Crippen molar-refractivity contribution in [2.24, 2.45) is 5.92 Å². The number of nitrogens with zero attached hydrogens (tertiary/aromatic N) is 1. The number of aromatic hydroxyl groups is 1. The Labute approximate surface area is 122 Å². The largest absolute Gasteiger partial charge is 0.506 e. The van der Waals surface area contributed by atoms with Gasteiger partial charge in [0, 0.05) is 13.1 Å². The van der Waals surface area contributed by atoms with Crippen LogP contribution in [0.3, 0.4) is 0 Å². The van der Waals surface area contributed by atoms with Crippen LogP contribution >= 0.6 is 11.6 Å². The number of halogens is 2. The molecule has 0 spiro atoms. The standard InChI is InChI=1S/C14H18ClFN2O2/c1-2-9-5-7-18(8-6-9)14(20)17-13-10(16)3-4-11(19)12(13)15/h3-4,9,19H,2,5-8H2,1H3,(H,17,20). The Morgan fingerprint density at radius 1 is 1.50 bits per heavy atom. The van der Waals surface area contributed by atoms with Crippen molar-refractivity contribution in [1.82, 2.24) is 4.90 Å². The van der Waals surface area contributed by atoms with Crippen LogP contribution in [-0.4, -0.2) is 29.1 Å². The van der Waals surface area contributed by atoms with E-state index in [1.54, 1.807) is 4.90 Å². The highest BCUT2D eigenvalue weighted by Crippen LogP contribution is 2.33. The second kappa shape index (κ2) is 6.31. The molecule has 4 nitrogen and oxygen atoms in total. The smallest absolute Gasteiger partial charge is 0.321 e. The molecule has 2 rings (SSSR count). The van der Waals surface area contributed by atoms with Gasteiger partial charge in [-0.2, -0.15) is 0 Å². The zero-order valence-corrected chi connectivity index (χ0v) is 12.1. The lowest BCUT2D eigenvalue weighted by molar-refractivity contribution is 0.181. The van der Waals surface area contributed by atoms with E-state index in [1.807, 2.05) is 0 Å². The minimum absolute atomic E-state index is 0.172. The third-order valence-corrected chi connectivity index (χ3v) is 4.16. The third-order valence-electron chi connectivity index (χ3n) is 3.78. The SMILES string of the molecule is CCC1CCN(C(=O)Nc2c(F)ccc(O)c2Cl)CC1. The number of rotatable bonds is 2. The topological polar surface area (TPSA) is 52.6 Å². The first kappa shape index (κ1) is 14.9. The summed E-state index contributed by atoms with van der Waals surface area (Å²) in [6.07, 6.45) is 3.03. The van der Waals surface area contributed by atoms with Crippen LogP contribution in [0.4, 0.5) is 14.9 Å². The molecule has 0 unspecified atom stereocenters. The molecule has 1 aromatic rings. The van der Waals surface area contributed by atoms with Crippen molar-refractivity contribution in [2.45, 2.75) is 26.2 Å². The van der Waals surface area contributed by atoms with E-state index in [-0.39, 0.29) is 22.5 Å². The van der Waals surface area contributed by atoms with Crippen molar-refractivity contribution < 1.29 is 14.3 Å². The van der Waals surface area contributed by atoms with E-state index in [0.29, 0.717) is 19.0 Å². The van der Waals surface area contributed by atoms with E-state index in [4.69, 9.17) is 11.6 Å². The van der Waals surface area contributed by atoms with Crippen molar-refractivity contribution >= 4 is 23.3 Å². The van der Waals surface area contributed by atoms with Gasteiger partial charge in [0.05, 0.1) is 0 Å². The summed E-state index contributed by atoms with van der Waals surface area (Å²) in [7, 11) is 0. The van der Waals surface area contributed by atoms with Crippen molar-refractivity contribution in [3.63, 3.8) is 0 Å². The minimum atomic E-state index is -0.662. The van der Waals surface area contributed by atoms with Crippen LogP contribution in [0.25, 0.3) is 0 Å². The van der Waals surface area contributed by atoms with E-state index >= 15 is 0 Å². The molecule has 20 heavy (non-hydrogen) atoms. The summed E-state index contributed by atoms with van der Waals surface area (Å²) in [6, 6.07) is 1.84. The van der Waals surface area contributed by atoms with E-state index < -0.39 is 5.82 Å². The van der Waals surface area contributed by atoms with Crippen LogP contribution in [-0.2, 0) is 0 Å². The number of phenols is 1. The number of hydrogen-bond donors (Lipinski definition) is 2. The van der Waals surface area contributed by atoms with Crippen LogP contribution in [0.1, 0.15) is 26.2 Å². The second-order valence-electron chi connectivity index (χ2n) is 5.02. The number of carbonyl (C=O) groups excluding carboxylic acids is 1. The summed E-state index contributed by atoms with van der Waals surface area (Å²) in [5.41, 5.74) is -0.172. The Kier molecular flexibility index (Phi) is 4.70. The van der Waals surface area contributed by atoms with Crippen molar-refractivity contribution in [1.29, 1.82) is 0 Å². The van der Waals surface area contributed by atoms with Crippen molar-refractivity contribution in [3.05, 3.63) is 23.0 Å². The molecule has 1 fully saturated rings. The van der Waals surface area contributed by atoms with Gasteiger partial charge in [-0.1, -0.05) is 24.9 Å². The van der Waals surface area contributed by atoms with Crippen LogP contribution in [0.2, 0.25) is 5.02 Å². The molecule has 1 aromatic carbocycles. The minimum Gasteiger partial charge on any atom is -0.506 e. The Morgan fingerprint density at radius 2 is 2.15 bits per heavy atom. The number of piperidine rings is 1. The molecule has 0 saturated carbocycles. The summed E-state index contributed by atoms with van der Waals surface area (Å²) >= 11 is 5.80. The first-order chi connectivity index (χ1) is 9.52. The highest BCUT2D eigenvalue weighted by molar-refractivity contribution is 6.35. The number of anilines is 1. The summed E-state index contributed by atoms with van der Waals surface area (Å²) in [5.74, 6) is -0.266. The zero-order valence-electron chi connectivity index (χ0n) is 11.3. The number of benzene rings is 1.